The first-order chi connectivity index (χ1) is 13.6. The van der Waals surface area contributed by atoms with E-state index in [-0.39, 0.29) is 11.7 Å². The van der Waals surface area contributed by atoms with Crippen LogP contribution in [0.15, 0.2) is 24.3 Å². The second kappa shape index (κ2) is 9.12. The molecule has 28 heavy (non-hydrogen) atoms. The Morgan fingerprint density at radius 1 is 1.04 bits per heavy atom. The summed E-state index contributed by atoms with van der Waals surface area (Å²) in [5, 5.41) is 0. The van der Waals surface area contributed by atoms with E-state index in [0.29, 0.717) is 6.10 Å². The highest BCUT2D eigenvalue weighted by Crippen LogP contribution is 2.39. The standard InChI is InChI=1S/C23H36N2O3/c1-19(2)27-22-6-4-3-5-20(22)17-24-11-9-23(10-12-24)8-7-21(28-23)18-25-13-15-26-16-14-25/h3-6,19,21H,7-18H2,1-2H3. The molecule has 1 unspecified atom stereocenters. The Balaban J connectivity index is 1.27. The molecule has 3 saturated heterocycles. The molecule has 156 valence electrons. The molecule has 4 rings (SSSR count). The van der Waals surface area contributed by atoms with Crippen LogP contribution in [0.4, 0.5) is 0 Å². The molecule has 1 atom stereocenters. The van der Waals surface area contributed by atoms with Gasteiger partial charge in [-0.3, -0.25) is 9.80 Å². The van der Waals surface area contributed by atoms with Crippen LogP contribution in [0, 0.1) is 0 Å². The fourth-order valence-electron chi connectivity index (χ4n) is 4.83. The average molecular weight is 389 g/mol. The van der Waals surface area contributed by atoms with Crippen LogP contribution in [-0.4, -0.2) is 73.5 Å². The maximum atomic E-state index is 6.63. The quantitative estimate of drug-likeness (QED) is 0.747. The summed E-state index contributed by atoms with van der Waals surface area (Å²) in [6, 6.07) is 8.47. The first-order valence-electron chi connectivity index (χ1n) is 11.1. The molecule has 0 radical (unpaired) electrons. The van der Waals surface area contributed by atoms with Gasteiger partial charge in [0.2, 0.25) is 0 Å². The van der Waals surface area contributed by atoms with E-state index >= 15 is 0 Å². The number of nitrogens with zero attached hydrogens (tertiary/aromatic N) is 2. The highest BCUT2D eigenvalue weighted by molar-refractivity contribution is 5.33. The van der Waals surface area contributed by atoms with Crippen LogP contribution in [0.2, 0.25) is 0 Å². The molecule has 5 nitrogen and oxygen atoms in total. The van der Waals surface area contributed by atoms with Gasteiger partial charge in [-0.2, -0.15) is 0 Å². The lowest BCUT2D eigenvalue weighted by atomic mass is 9.88. The smallest absolute Gasteiger partial charge is 0.124 e. The normalized spacial score (nSPS) is 26.2. The van der Waals surface area contributed by atoms with Gasteiger partial charge < -0.3 is 14.2 Å². The third-order valence-electron chi connectivity index (χ3n) is 6.40. The van der Waals surface area contributed by atoms with Crippen molar-refractivity contribution in [1.29, 1.82) is 0 Å². The summed E-state index contributed by atoms with van der Waals surface area (Å²) in [6.45, 7) is 12.3. The van der Waals surface area contributed by atoms with Crippen molar-refractivity contribution in [3.05, 3.63) is 29.8 Å². The Kier molecular flexibility index (Phi) is 6.56. The van der Waals surface area contributed by atoms with Crippen molar-refractivity contribution in [3.8, 4) is 5.75 Å². The van der Waals surface area contributed by atoms with E-state index in [1.54, 1.807) is 0 Å². The number of piperidine rings is 1. The maximum Gasteiger partial charge on any atom is 0.124 e. The van der Waals surface area contributed by atoms with Gasteiger partial charge in [-0.05, 0) is 45.6 Å². The van der Waals surface area contributed by atoms with E-state index in [4.69, 9.17) is 14.2 Å². The minimum absolute atomic E-state index is 0.126. The Hall–Kier alpha value is -1.14. The summed E-state index contributed by atoms with van der Waals surface area (Å²) in [7, 11) is 0. The molecule has 1 aromatic rings. The zero-order chi connectivity index (χ0) is 19.4. The number of benzene rings is 1. The summed E-state index contributed by atoms with van der Waals surface area (Å²) in [5.41, 5.74) is 1.42. The fourth-order valence-corrected chi connectivity index (χ4v) is 4.83. The van der Waals surface area contributed by atoms with Crippen LogP contribution in [0.1, 0.15) is 45.1 Å². The van der Waals surface area contributed by atoms with Crippen molar-refractivity contribution in [2.24, 2.45) is 0 Å². The molecule has 0 saturated carbocycles. The molecule has 3 aliphatic heterocycles. The van der Waals surface area contributed by atoms with E-state index in [9.17, 15) is 0 Å². The highest BCUT2D eigenvalue weighted by Gasteiger charge is 2.42. The van der Waals surface area contributed by atoms with Gasteiger partial charge in [0.1, 0.15) is 5.75 Å². The number of ether oxygens (including phenoxy) is 3. The predicted molar refractivity (Wildman–Crippen MR) is 111 cm³/mol. The highest BCUT2D eigenvalue weighted by atomic mass is 16.5. The van der Waals surface area contributed by atoms with Gasteiger partial charge in [0, 0.05) is 44.8 Å². The van der Waals surface area contributed by atoms with Crippen molar-refractivity contribution in [1.82, 2.24) is 9.80 Å². The number of rotatable bonds is 6. The Morgan fingerprint density at radius 2 is 1.79 bits per heavy atom. The first-order valence-corrected chi connectivity index (χ1v) is 11.1. The summed E-state index contributed by atoms with van der Waals surface area (Å²) in [6.07, 6.45) is 5.36. The zero-order valence-electron chi connectivity index (χ0n) is 17.6. The van der Waals surface area contributed by atoms with Gasteiger partial charge in [-0.1, -0.05) is 18.2 Å². The second-order valence-corrected chi connectivity index (χ2v) is 8.93. The second-order valence-electron chi connectivity index (χ2n) is 8.93. The molecule has 0 N–H and O–H groups in total. The lowest BCUT2D eigenvalue weighted by Crippen LogP contribution is -2.45. The van der Waals surface area contributed by atoms with E-state index in [1.807, 2.05) is 0 Å². The van der Waals surface area contributed by atoms with E-state index in [1.165, 1.54) is 18.4 Å². The average Bonchev–Trinajstić information content (AvgIpc) is 3.08. The lowest BCUT2D eigenvalue weighted by Gasteiger charge is -2.39. The minimum atomic E-state index is 0.126. The van der Waals surface area contributed by atoms with Crippen molar-refractivity contribution in [3.63, 3.8) is 0 Å². The molecule has 0 aliphatic carbocycles. The molecule has 5 heteroatoms. The number of morpholine rings is 1. The molecular formula is C23H36N2O3. The van der Waals surface area contributed by atoms with Crippen LogP contribution < -0.4 is 4.74 Å². The van der Waals surface area contributed by atoms with Crippen LogP contribution in [-0.2, 0) is 16.0 Å². The van der Waals surface area contributed by atoms with Gasteiger partial charge in [0.25, 0.3) is 0 Å². The van der Waals surface area contributed by atoms with Crippen molar-refractivity contribution in [2.45, 2.75) is 63.9 Å². The fraction of sp³-hybridized carbons (Fsp3) is 0.739. The number of likely N-dealkylation sites (tertiary alicyclic amines) is 1. The third kappa shape index (κ3) is 5.07. The van der Waals surface area contributed by atoms with Crippen molar-refractivity contribution < 1.29 is 14.2 Å². The van der Waals surface area contributed by atoms with Crippen molar-refractivity contribution in [2.75, 3.05) is 45.9 Å². The van der Waals surface area contributed by atoms with Crippen LogP contribution in [0.25, 0.3) is 0 Å². The van der Waals surface area contributed by atoms with E-state index in [2.05, 4.69) is 47.9 Å². The molecule has 1 spiro atoms. The van der Waals surface area contributed by atoms with Crippen LogP contribution in [0.5, 0.6) is 5.75 Å². The molecule has 3 fully saturated rings. The van der Waals surface area contributed by atoms with Gasteiger partial charge in [0.15, 0.2) is 0 Å². The summed E-state index contributed by atoms with van der Waals surface area (Å²) in [5.74, 6) is 1.03. The predicted octanol–water partition coefficient (Wildman–Crippen LogP) is 3.32. The Morgan fingerprint density at radius 3 is 2.54 bits per heavy atom. The van der Waals surface area contributed by atoms with E-state index in [0.717, 1.165) is 71.1 Å². The number of hydrogen-bond donors (Lipinski definition) is 0. The van der Waals surface area contributed by atoms with Gasteiger partial charge in [-0.15, -0.1) is 0 Å². The largest absolute Gasteiger partial charge is 0.491 e. The molecule has 3 aliphatic rings. The lowest BCUT2D eigenvalue weighted by molar-refractivity contribution is -0.0898. The summed E-state index contributed by atoms with van der Waals surface area (Å²) < 4.78 is 18.1. The summed E-state index contributed by atoms with van der Waals surface area (Å²) >= 11 is 0. The van der Waals surface area contributed by atoms with Crippen molar-refractivity contribution >= 4 is 0 Å². The molecule has 0 aromatic heterocycles. The van der Waals surface area contributed by atoms with Crippen LogP contribution in [0.3, 0.4) is 0 Å². The Labute approximate surface area is 169 Å². The van der Waals surface area contributed by atoms with E-state index < -0.39 is 0 Å². The molecule has 0 amide bonds. The van der Waals surface area contributed by atoms with Gasteiger partial charge in [-0.25, -0.2) is 0 Å². The third-order valence-corrected chi connectivity index (χ3v) is 6.40. The SMILES string of the molecule is CC(C)Oc1ccccc1CN1CCC2(CCC(CN3CCOCC3)O2)CC1. The molecule has 1 aromatic carbocycles. The number of hydrogen-bond acceptors (Lipinski definition) is 5. The maximum absolute atomic E-state index is 6.63. The first kappa shape index (κ1) is 20.1. The van der Waals surface area contributed by atoms with Gasteiger partial charge in [0.05, 0.1) is 31.0 Å². The molecule has 0 bridgehead atoms. The Bertz CT molecular complexity index is 622. The minimum Gasteiger partial charge on any atom is -0.491 e. The zero-order valence-corrected chi connectivity index (χ0v) is 17.6. The topological polar surface area (TPSA) is 34.2 Å². The molecular weight excluding hydrogens is 352 g/mol. The number of para-hydroxylation sites is 1. The van der Waals surface area contributed by atoms with Crippen LogP contribution >= 0.6 is 0 Å². The molecule has 3 heterocycles. The summed E-state index contributed by atoms with van der Waals surface area (Å²) in [4.78, 5) is 5.07. The monoisotopic (exact) mass is 388 g/mol. The van der Waals surface area contributed by atoms with Gasteiger partial charge >= 0.3 is 0 Å².